The predicted molar refractivity (Wildman–Crippen MR) is 116 cm³/mol. The Morgan fingerprint density at radius 3 is 2.59 bits per heavy atom. The second-order valence-electron chi connectivity index (χ2n) is 6.90. The Kier molecular flexibility index (Phi) is 6.51. The fraction of sp³-hybridized carbons (Fsp3) is 0.0833. The van der Waals surface area contributed by atoms with E-state index in [4.69, 9.17) is 4.74 Å². The summed E-state index contributed by atoms with van der Waals surface area (Å²) < 4.78 is 45.7. The van der Waals surface area contributed by atoms with Gasteiger partial charge in [-0.05, 0) is 42.0 Å². The van der Waals surface area contributed by atoms with Crippen molar-refractivity contribution in [2.75, 3.05) is 0 Å². The molecule has 162 valence electrons. The SMILES string of the molecule is O=C(NCc1cccc(F)c1)c1csc(-c2cccc(OCc3ccc(F)cc3F)c2)n1. The first-order valence-electron chi connectivity index (χ1n) is 9.63. The summed E-state index contributed by atoms with van der Waals surface area (Å²) in [6, 6.07) is 16.3. The van der Waals surface area contributed by atoms with Gasteiger partial charge in [0.25, 0.3) is 5.91 Å². The Bertz CT molecular complexity index is 1260. The Balaban J connectivity index is 1.40. The summed E-state index contributed by atoms with van der Waals surface area (Å²) in [7, 11) is 0. The summed E-state index contributed by atoms with van der Waals surface area (Å²) in [4.78, 5) is 16.8. The minimum atomic E-state index is -0.671. The molecule has 1 N–H and O–H groups in total. The van der Waals surface area contributed by atoms with Crippen molar-refractivity contribution in [3.05, 3.63) is 106 Å². The van der Waals surface area contributed by atoms with E-state index in [1.807, 2.05) is 6.07 Å². The van der Waals surface area contributed by atoms with Crippen molar-refractivity contribution >= 4 is 17.2 Å². The van der Waals surface area contributed by atoms with E-state index >= 15 is 0 Å². The quantitative estimate of drug-likeness (QED) is 0.388. The van der Waals surface area contributed by atoms with E-state index < -0.39 is 11.6 Å². The van der Waals surface area contributed by atoms with Gasteiger partial charge in [-0.1, -0.05) is 24.3 Å². The van der Waals surface area contributed by atoms with E-state index in [1.165, 1.54) is 35.6 Å². The van der Waals surface area contributed by atoms with Gasteiger partial charge < -0.3 is 10.1 Å². The molecule has 0 unspecified atom stereocenters. The summed E-state index contributed by atoms with van der Waals surface area (Å²) >= 11 is 1.29. The van der Waals surface area contributed by atoms with Gasteiger partial charge in [-0.2, -0.15) is 0 Å². The molecule has 0 saturated carbocycles. The molecule has 4 nitrogen and oxygen atoms in total. The fourth-order valence-electron chi connectivity index (χ4n) is 2.95. The van der Waals surface area contributed by atoms with Crippen LogP contribution in [0.5, 0.6) is 5.75 Å². The average Bonchev–Trinajstić information content (AvgIpc) is 3.28. The minimum Gasteiger partial charge on any atom is -0.489 e. The highest BCUT2D eigenvalue weighted by atomic mass is 32.1. The Morgan fingerprint density at radius 1 is 0.969 bits per heavy atom. The van der Waals surface area contributed by atoms with Crippen LogP contribution < -0.4 is 10.1 Å². The number of nitrogens with zero attached hydrogens (tertiary/aromatic N) is 1. The number of halogens is 3. The lowest BCUT2D eigenvalue weighted by Crippen LogP contribution is -2.23. The second kappa shape index (κ2) is 9.65. The zero-order valence-electron chi connectivity index (χ0n) is 16.6. The van der Waals surface area contributed by atoms with E-state index in [1.54, 1.807) is 35.7 Å². The maximum Gasteiger partial charge on any atom is 0.271 e. The summed E-state index contributed by atoms with van der Waals surface area (Å²) in [6.07, 6.45) is 0. The molecular weight excluding hydrogens is 437 g/mol. The van der Waals surface area contributed by atoms with Crippen LogP contribution in [0.4, 0.5) is 13.2 Å². The average molecular weight is 454 g/mol. The highest BCUT2D eigenvalue weighted by Crippen LogP contribution is 2.27. The van der Waals surface area contributed by atoms with E-state index in [2.05, 4.69) is 10.3 Å². The fourth-order valence-corrected chi connectivity index (χ4v) is 3.75. The summed E-state index contributed by atoms with van der Waals surface area (Å²) in [6.45, 7) is 0.133. The zero-order chi connectivity index (χ0) is 22.5. The third kappa shape index (κ3) is 5.33. The first kappa shape index (κ1) is 21.6. The number of thiazole rings is 1. The zero-order valence-corrected chi connectivity index (χ0v) is 17.5. The Hall–Kier alpha value is -3.65. The first-order valence-corrected chi connectivity index (χ1v) is 10.5. The highest BCUT2D eigenvalue weighted by molar-refractivity contribution is 7.13. The van der Waals surface area contributed by atoms with Crippen LogP contribution in [0.2, 0.25) is 0 Å². The third-order valence-electron chi connectivity index (χ3n) is 4.57. The number of hydrogen-bond acceptors (Lipinski definition) is 4. The van der Waals surface area contributed by atoms with Crippen molar-refractivity contribution in [1.29, 1.82) is 0 Å². The summed E-state index contributed by atoms with van der Waals surface area (Å²) in [5.41, 5.74) is 1.87. The van der Waals surface area contributed by atoms with Crippen LogP contribution in [0.25, 0.3) is 10.6 Å². The van der Waals surface area contributed by atoms with Gasteiger partial charge in [-0.25, -0.2) is 18.2 Å². The van der Waals surface area contributed by atoms with Crippen LogP contribution in [0.15, 0.2) is 72.1 Å². The van der Waals surface area contributed by atoms with E-state index in [9.17, 15) is 18.0 Å². The number of aromatic nitrogens is 1. The largest absolute Gasteiger partial charge is 0.489 e. The van der Waals surface area contributed by atoms with Gasteiger partial charge in [-0.15, -0.1) is 11.3 Å². The molecular formula is C24H17F3N2O2S. The molecule has 4 rings (SSSR count). The smallest absolute Gasteiger partial charge is 0.271 e. The standard InChI is InChI=1S/C24H17F3N2O2S/c25-18-5-1-3-15(9-18)12-28-23(30)22-14-32-24(29-22)16-4-2-6-20(10-16)31-13-17-7-8-19(26)11-21(17)27/h1-11,14H,12-13H2,(H,28,30). The van der Waals surface area contributed by atoms with Gasteiger partial charge >= 0.3 is 0 Å². The molecule has 0 spiro atoms. The Labute approximate surface area is 186 Å². The minimum absolute atomic E-state index is 0.0544. The highest BCUT2D eigenvalue weighted by Gasteiger charge is 2.13. The van der Waals surface area contributed by atoms with Crippen LogP contribution >= 0.6 is 11.3 Å². The topological polar surface area (TPSA) is 51.2 Å². The van der Waals surface area contributed by atoms with Crippen LogP contribution in [0, 0.1) is 17.5 Å². The van der Waals surface area contributed by atoms with Crippen molar-refractivity contribution in [2.24, 2.45) is 0 Å². The number of ether oxygens (including phenoxy) is 1. The van der Waals surface area contributed by atoms with Crippen LogP contribution in [0.3, 0.4) is 0 Å². The van der Waals surface area contributed by atoms with E-state index in [-0.39, 0.29) is 36.1 Å². The molecule has 0 bridgehead atoms. The predicted octanol–water partition coefficient (Wildman–Crippen LogP) is 5.74. The molecule has 1 aromatic heterocycles. The van der Waals surface area contributed by atoms with E-state index in [0.717, 1.165) is 11.6 Å². The lowest BCUT2D eigenvalue weighted by atomic mass is 10.2. The molecule has 0 aliphatic rings. The molecule has 32 heavy (non-hydrogen) atoms. The molecule has 1 amide bonds. The number of carbonyl (C=O) groups excluding carboxylic acids is 1. The van der Waals surface area contributed by atoms with Gasteiger partial charge in [-0.3, -0.25) is 4.79 Å². The van der Waals surface area contributed by atoms with Gasteiger partial charge in [0.15, 0.2) is 0 Å². The van der Waals surface area contributed by atoms with Gasteiger partial charge in [0.05, 0.1) is 0 Å². The lowest BCUT2D eigenvalue weighted by molar-refractivity contribution is 0.0946. The second-order valence-corrected chi connectivity index (χ2v) is 7.76. The van der Waals surface area contributed by atoms with Crippen molar-refractivity contribution in [3.63, 3.8) is 0 Å². The normalized spacial score (nSPS) is 10.7. The maximum absolute atomic E-state index is 13.8. The summed E-state index contributed by atoms with van der Waals surface area (Å²) in [5, 5.41) is 4.97. The van der Waals surface area contributed by atoms with Crippen LogP contribution in [-0.4, -0.2) is 10.9 Å². The maximum atomic E-state index is 13.8. The monoisotopic (exact) mass is 454 g/mol. The van der Waals surface area contributed by atoms with Crippen molar-refractivity contribution < 1.29 is 22.7 Å². The molecule has 0 aliphatic carbocycles. The molecule has 0 atom stereocenters. The molecule has 0 radical (unpaired) electrons. The number of rotatable bonds is 7. The molecule has 0 fully saturated rings. The first-order chi connectivity index (χ1) is 15.5. The summed E-state index contributed by atoms with van der Waals surface area (Å²) in [5.74, 6) is -1.56. The molecule has 0 saturated heterocycles. The van der Waals surface area contributed by atoms with Crippen molar-refractivity contribution in [2.45, 2.75) is 13.2 Å². The molecule has 1 heterocycles. The molecule has 8 heteroatoms. The molecule has 3 aromatic carbocycles. The number of amides is 1. The molecule has 0 aliphatic heterocycles. The van der Waals surface area contributed by atoms with Gasteiger partial charge in [0.1, 0.15) is 40.5 Å². The van der Waals surface area contributed by atoms with Crippen LogP contribution in [0.1, 0.15) is 21.6 Å². The van der Waals surface area contributed by atoms with Crippen LogP contribution in [-0.2, 0) is 13.2 Å². The van der Waals surface area contributed by atoms with Gasteiger partial charge in [0.2, 0.25) is 0 Å². The van der Waals surface area contributed by atoms with Crippen molar-refractivity contribution in [3.8, 4) is 16.3 Å². The lowest BCUT2D eigenvalue weighted by Gasteiger charge is -2.08. The van der Waals surface area contributed by atoms with Gasteiger partial charge in [0, 0.05) is 29.1 Å². The number of hydrogen-bond donors (Lipinski definition) is 1. The number of carbonyl (C=O) groups is 1. The van der Waals surface area contributed by atoms with E-state index in [0.29, 0.717) is 16.3 Å². The number of nitrogens with one attached hydrogen (secondary N) is 1. The number of benzene rings is 3. The Morgan fingerprint density at radius 2 is 1.78 bits per heavy atom. The third-order valence-corrected chi connectivity index (χ3v) is 5.46. The molecule has 4 aromatic rings. The van der Waals surface area contributed by atoms with Crippen molar-refractivity contribution in [1.82, 2.24) is 10.3 Å².